The Labute approximate surface area is 168 Å². The van der Waals surface area contributed by atoms with E-state index in [0.29, 0.717) is 6.42 Å². The second-order valence-electron chi connectivity index (χ2n) is 9.15. The zero-order chi connectivity index (χ0) is 19.6. The van der Waals surface area contributed by atoms with E-state index in [1.165, 1.54) is 6.92 Å². The lowest BCUT2D eigenvalue weighted by Gasteiger charge is -2.29. The van der Waals surface area contributed by atoms with Gasteiger partial charge in [-0.05, 0) is 57.4 Å². The fraction of sp³-hybridized carbons (Fsp3) is 0.826. The van der Waals surface area contributed by atoms with Crippen molar-refractivity contribution in [3.8, 4) is 0 Å². The van der Waals surface area contributed by atoms with Crippen molar-refractivity contribution in [2.75, 3.05) is 6.61 Å². The minimum absolute atomic E-state index is 0.0552. The minimum atomic E-state index is -0.434. The summed E-state index contributed by atoms with van der Waals surface area (Å²) in [4.78, 5) is 24.4. The Bertz CT molecular complexity index is 602. The van der Waals surface area contributed by atoms with E-state index in [9.17, 15) is 9.59 Å². The molecule has 4 rings (SSSR count). The number of rotatable bonds is 6. The monoisotopic (exact) mass is 390 g/mol. The molecule has 1 saturated heterocycles. The van der Waals surface area contributed by atoms with Crippen molar-refractivity contribution in [3.63, 3.8) is 0 Å². The largest absolute Gasteiger partial charge is 0.459 e. The molecular formula is C23H34O5. The third-order valence-electron chi connectivity index (χ3n) is 7.28. The quantitative estimate of drug-likeness (QED) is 0.499. The summed E-state index contributed by atoms with van der Waals surface area (Å²) in [5.74, 6) is 0.579. The highest BCUT2D eigenvalue weighted by Crippen LogP contribution is 2.54. The van der Waals surface area contributed by atoms with Gasteiger partial charge in [0.1, 0.15) is 5.60 Å². The highest BCUT2D eigenvalue weighted by Gasteiger charge is 2.58. The Hall–Kier alpha value is -1.20. The summed E-state index contributed by atoms with van der Waals surface area (Å²) in [6.45, 7) is 2.24. The molecule has 28 heavy (non-hydrogen) atoms. The lowest BCUT2D eigenvalue weighted by molar-refractivity contribution is -0.195. The average Bonchev–Trinajstić information content (AvgIpc) is 3.37. The number of allylic oxidation sites excluding steroid dienone is 1. The van der Waals surface area contributed by atoms with E-state index in [2.05, 4.69) is 6.08 Å². The first-order valence-electron chi connectivity index (χ1n) is 11.3. The van der Waals surface area contributed by atoms with E-state index in [1.807, 2.05) is 0 Å². The van der Waals surface area contributed by atoms with Crippen LogP contribution in [-0.4, -0.2) is 36.4 Å². The minimum Gasteiger partial charge on any atom is -0.459 e. The highest BCUT2D eigenvalue weighted by atomic mass is 16.7. The third kappa shape index (κ3) is 4.20. The van der Waals surface area contributed by atoms with Crippen molar-refractivity contribution in [1.82, 2.24) is 0 Å². The number of ketones is 1. The van der Waals surface area contributed by atoms with Gasteiger partial charge in [0.25, 0.3) is 0 Å². The van der Waals surface area contributed by atoms with Crippen LogP contribution in [0.3, 0.4) is 0 Å². The molecule has 0 N–H and O–H groups in total. The fourth-order valence-corrected chi connectivity index (χ4v) is 6.02. The summed E-state index contributed by atoms with van der Waals surface area (Å²) in [5, 5.41) is 0. The molecule has 4 aliphatic rings. The zero-order valence-electron chi connectivity index (χ0n) is 17.1. The molecule has 3 saturated carbocycles. The maximum atomic E-state index is 12.6. The van der Waals surface area contributed by atoms with Gasteiger partial charge in [0.15, 0.2) is 12.1 Å². The number of esters is 1. The van der Waals surface area contributed by atoms with Crippen molar-refractivity contribution < 1.29 is 23.8 Å². The molecule has 0 bridgehead atoms. The van der Waals surface area contributed by atoms with Crippen molar-refractivity contribution in [1.29, 1.82) is 0 Å². The number of carbonyl (C=O) groups excluding carboxylic acids is 2. The molecule has 0 aromatic rings. The van der Waals surface area contributed by atoms with Gasteiger partial charge in [-0.25, -0.2) is 0 Å². The molecule has 5 nitrogen and oxygen atoms in total. The zero-order valence-corrected chi connectivity index (χ0v) is 17.1. The topological polar surface area (TPSA) is 61.8 Å². The predicted molar refractivity (Wildman–Crippen MR) is 105 cm³/mol. The van der Waals surface area contributed by atoms with Gasteiger partial charge in [-0.3, -0.25) is 9.59 Å². The number of carbonyl (C=O) groups is 2. The summed E-state index contributed by atoms with van der Waals surface area (Å²) < 4.78 is 18.1. The number of fused-ring (bicyclic) bond motifs is 1. The van der Waals surface area contributed by atoms with Crippen LogP contribution in [0, 0.1) is 17.8 Å². The average molecular weight is 391 g/mol. The van der Waals surface area contributed by atoms with Gasteiger partial charge >= 0.3 is 5.97 Å². The van der Waals surface area contributed by atoms with Crippen LogP contribution in [0.2, 0.25) is 0 Å². The van der Waals surface area contributed by atoms with Gasteiger partial charge in [-0.2, -0.15) is 0 Å². The van der Waals surface area contributed by atoms with Crippen LogP contribution in [-0.2, 0) is 23.8 Å². The van der Waals surface area contributed by atoms with Crippen molar-refractivity contribution >= 4 is 11.8 Å². The van der Waals surface area contributed by atoms with E-state index in [0.717, 1.165) is 70.8 Å². The molecule has 3 unspecified atom stereocenters. The van der Waals surface area contributed by atoms with Gasteiger partial charge in [0, 0.05) is 37.7 Å². The number of hydrogen-bond donors (Lipinski definition) is 0. The van der Waals surface area contributed by atoms with Gasteiger partial charge in [0.05, 0.1) is 6.10 Å². The Kier molecular flexibility index (Phi) is 6.21. The standard InChI is InChI=1S/C23H34O5/c1-16(24)28-23-13-6-9-19(23)18(11-12-20(25)17-7-2-3-8-17)21(15-23)27-22-10-4-5-14-26-22/h11-12,17-19,21-22H,2-10,13-15H2,1H3/b12-11+/t18?,19-,21?,22?,23-/m0/s1. The Morgan fingerprint density at radius 1 is 1.04 bits per heavy atom. The van der Waals surface area contributed by atoms with Crippen molar-refractivity contribution in [2.24, 2.45) is 17.8 Å². The van der Waals surface area contributed by atoms with Crippen molar-refractivity contribution in [2.45, 2.75) is 95.5 Å². The molecule has 3 aliphatic carbocycles. The Morgan fingerprint density at radius 2 is 1.82 bits per heavy atom. The third-order valence-corrected chi connectivity index (χ3v) is 7.28. The molecule has 0 radical (unpaired) electrons. The normalized spacial score (nSPS) is 38.8. The second kappa shape index (κ2) is 8.66. The summed E-state index contributed by atoms with van der Waals surface area (Å²) in [7, 11) is 0. The van der Waals surface area contributed by atoms with Gasteiger partial charge in [0.2, 0.25) is 0 Å². The molecule has 0 aromatic heterocycles. The van der Waals surface area contributed by atoms with Crippen LogP contribution in [0.25, 0.3) is 0 Å². The lowest BCUT2D eigenvalue weighted by atomic mass is 9.87. The maximum absolute atomic E-state index is 12.6. The molecule has 5 heteroatoms. The first-order valence-corrected chi connectivity index (χ1v) is 11.3. The highest BCUT2D eigenvalue weighted by molar-refractivity contribution is 5.91. The number of hydrogen-bond acceptors (Lipinski definition) is 5. The summed E-state index contributed by atoms with van der Waals surface area (Å²) in [6.07, 6.45) is 14.8. The second-order valence-corrected chi connectivity index (χ2v) is 9.15. The molecule has 156 valence electrons. The smallest absolute Gasteiger partial charge is 0.303 e. The number of ether oxygens (including phenoxy) is 3. The summed E-state index contributed by atoms with van der Waals surface area (Å²) in [5.41, 5.74) is -0.434. The molecular weight excluding hydrogens is 356 g/mol. The lowest BCUT2D eigenvalue weighted by Crippen LogP contribution is -2.35. The fourth-order valence-electron chi connectivity index (χ4n) is 6.02. The van der Waals surface area contributed by atoms with Crippen LogP contribution in [0.5, 0.6) is 0 Å². The van der Waals surface area contributed by atoms with Crippen LogP contribution in [0.1, 0.15) is 77.6 Å². The molecule has 1 heterocycles. The van der Waals surface area contributed by atoms with Gasteiger partial charge in [-0.15, -0.1) is 0 Å². The first kappa shape index (κ1) is 20.1. The molecule has 5 atom stereocenters. The summed E-state index contributed by atoms with van der Waals surface area (Å²) in [6, 6.07) is 0. The molecule has 0 aromatic carbocycles. The Balaban J connectivity index is 1.51. The Morgan fingerprint density at radius 3 is 2.54 bits per heavy atom. The van der Waals surface area contributed by atoms with Crippen molar-refractivity contribution in [3.05, 3.63) is 12.2 Å². The first-order chi connectivity index (χ1) is 13.6. The SMILES string of the molecule is CC(=O)O[C@]12CCC[C@H]1C(/C=C/C(=O)C1CCCC1)C(OC1CCCCO1)C2. The van der Waals surface area contributed by atoms with Crippen LogP contribution in [0.15, 0.2) is 12.2 Å². The van der Waals surface area contributed by atoms with E-state index in [1.54, 1.807) is 6.08 Å². The van der Waals surface area contributed by atoms with Crippen LogP contribution < -0.4 is 0 Å². The summed E-state index contributed by atoms with van der Waals surface area (Å²) >= 11 is 0. The molecule has 4 fully saturated rings. The van der Waals surface area contributed by atoms with E-state index in [4.69, 9.17) is 14.2 Å². The van der Waals surface area contributed by atoms with E-state index < -0.39 is 5.60 Å². The van der Waals surface area contributed by atoms with Gasteiger partial charge < -0.3 is 14.2 Å². The molecule has 0 amide bonds. The van der Waals surface area contributed by atoms with E-state index >= 15 is 0 Å². The van der Waals surface area contributed by atoms with Crippen LogP contribution >= 0.6 is 0 Å². The predicted octanol–water partition coefficient (Wildman–Crippen LogP) is 4.34. The molecule has 1 aliphatic heterocycles. The van der Waals surface area contributed by atoms with Crippen LogP contribution in [0.4, 0.5) is 0 Å². The van der Waals surface area contributed by atoms with Gasteiger partial charge in [-0.1, -0.05) is 18.9 Å². The maximum Gasteiger partial charge on any atom is 0.303 e. The molecule has 0 spiro atoms. The van der Waals surface area contributed by atoms with E-state index in [-0.39, 0.29) is 41.9 Å².